The number of methoxy groups -OCH3 is 2. The lowest BCUT2D eigenvalue weighted by atomic mass is 10.0. The molecule has 0 saturated heterocycles. The number of hydrogen-bond acceptors (Lipinski definition) is 5. The van der Waals surface area contributed by atoms with Crippen LogP contribution in [0.1, 0.15) is 15.9 Å². The second-order valence-corrected chi connectivity index (χ2v) is 6.25. The van der Waals surface area contributed by atoms with E-state index < -0.39 is 0 Å². The maximum atomic E-state index is 12.7. The lowest BCUT2D eigenvalue weighted by molar-refractivity contribution is 0.103. The van der Waals surface area contributed by atoms with Gasteiger partial charge in [-0.3, -0.25) is 4.79 Å². The molecule has 0 atom stereocenters. The molecule has 3 rings (SSSR count). The van der Waals surface area contributed by atoms with Gasteiger partial charge >= 0.3 is 0 Å². The fraction of sp³-hybridized carbons (Fsp3) is 0.100. The van der Waals surface area contributed by atoms with E-state index in [4.69, 9.17) is 37.4 Å². The first kappa shape index (κ1) is 19.0. The minimum atomic E-state index is -0.203. The molecule has 1 aromatic heterocycles. The van der Waals surface area contributed by atoms with Crippen LogP contribution in [0.5, 0.6) is 23.1 Å². The van der Waals surface area contributed by atoms with Crippen LogP contribution in [-0.2, 0) is 0 Å². The van der Waals surface area contributed by atoms with Gasteiger partial charge in [-0.1, -0.05) is 29.3 Å². The molecular weight excluding hydrogens is 389 g/mol. The quantitative estimate of drug-likeness (QED) is 0.513. The number of aromatic nitrogens is 1. The lowest BCUT2D eigenvalue weighted by Gasteiger charge is -2.10. The van der Waals surface area contributed by atoms with Gasteiger partial charge < -0.3 is 14.2 Å². The maximum Gasteiger partial charge on any atom is 0.219 e. The summed E-state index contributed by atoms with van der Waals surface area (Å²) in [6.07, 6.45) is 1.43. The van der Waals surface area contributed by atoms with Crippen LogP contribution in [0, 0.1) is 0 Å². The minimum Gasteiger partial charge on any atom is -0.493 e. The van der Waals surface area contributed by atoms with Crippen LogP contribution in [0.15, 0.2) is 54.7 Å². The summed E-state index contributed by atoms with van der Waals surface area (Å²) in [6, 6.07) is 13.2. The number of benzene rings is 2. The number of pyridine rings is 1. The summed E-state index contributed by atoms with van der Waals surface area (Å²) in [7, 11) is 3.05. The Kier molecular flexibility index (Phi) is 5.84. The van der Waals surface area contributed by atoms with Gasteiger partial charge in [0.1, 0.15) is 0 Å². The zero-order chi connectivity index (χ0) is 19.4. The molecule has 0 aliphatic carbocycles. The van der Waals surface area contributed by atoms with Gasteiger partial charge in [0.2, 0.25) is 5.88 Å². The van der Waals surface area contributed by atoms with Gasteiger partial charge in [0, 0.05) is 23.4 Å². The van der Waals surface area contributed by atoms with Crippen molar-refractivity contribution in [1.82, 2.24) is 4.98 Å². The van der Waals surface area contributed by atoms with Crippen LogP contribution in [0.2, 0.25) is 10.0 Å². The average Bonchev–Trinajstić information content (AvgIpc) is 2.70. The van der Waals surface area contributed by atoms with E-state index in [1.54, 1.807) is 48.5 Å². The highest BCUT2D eigenvalue weighted by Gasteiger charge is 2.14. The topological polar surface area (TPSA) is 57.7 Å². The Hall–Kier alpha value is -2.76. The molecule has 7 heteroatoms. The normalized spacial score (nSPS) is 10.4. The van der Waals surface area contributed by atoms with Crippen molar-refractivity contribution in [3.63, 3.8) is 0 Å². The summed E-state index contributed by atoms with van der Waals surface area (Å²) < 4.78 is 16.0. The number of nitrogens with zero attached hydrogens (tertiary/aromatic N) is 1. The molecule has 0 spiro atoms. The molecule has 27 heavy (non-hydrogen) atoms. The van der Waals surface area contributed by atoms with Gasteiger partial charge in [-0.15, -0.1) is 0 Å². The number of hydrogen-bond donors (Lipinski definition) is 0. The Balaban J connectivity index is 1.82. The molecule has 3 aromatic rings. The van der Waals surface area contributed by atoms with Crippen LogP contribution < -0.4 is 14.2 Å². The molecule has 0 amide bonds. The predicted octanol–water partition coefficient (Wildman–Crippen LogP) is 5.43. The Morgan fingerprint density at radius 2 is 1.56 bits per heavy atom. The smallest absolute Gasteiger partial charge is 0.219 e. The summed E-state index contributed by atoms with van der Waals surface area (Å²) in [4.78, 5) is 16.8. The van der Waals surface area contributed by atoms with E-state index >= 15 is 0 Å². The largest absolute Gasteiger partial charge is 0.493 e. The van der Waals surface area contributed by atoms with Crippen LogP contribution in [0.25, 0.3) is 0 Å². The lowest BCUT2D eigenvalue weighted by Crippen LogP contribution is -2.03. The first-order chi connectivity index (χ1) is 13.0. The highest BCUT2D eigenvalue weighted by Crippen LogP contribution is 2.35. The Labute approximate surface area is 166 Å². The highest BCUT2D eigenvalue weighted by atomic mass is 35.5. The van der Waals surface area contributed by atoms with Gasteiger partial charge in [-0.25, -0.2) is 4.98 Å². The number of rotatable bonds is 6. The molecular formula is C20H15Cl2NO4. The molecule has 0 bridgehead atoms. The summed E-state index contributed by atoms with van der Waals surface area (Å²) in [5.74, 6) is 1.41. The van der Waals surface area contributed by atoms with Crippen molar-refractivity contribution in [2.75, 3.05) is 14.2 Å². The first-order valence-corrected chi connectivity index (χ1v) is 8.63. The summed E-state index contributed by atoms with van der Waals surface area (Å²) in [5, 5.41) is 0.740. The molecule has 0 fully saturated rings. The minimum absolute atomic E-state index is 0.203. The molecule has 138 valence electrons. The van der Waals surface area contributed by atoms with Crippen LogP contribution >= 0.6 is 23.2 Å². The molecule has 0 aliphatic heterocycles. The Bertz CT molecular complexity index is 954. The Morgan fingerprint density at radius 1 is 0.889 bits per heavy atom. The van der Waals surface area contributed by atoms with Crippen molar-refractivity contribution < 1.29 is 19.0 Å². The van der Waals surface area contributed by atoms with Gasteiger partial charge in [0.25, 0.3) is 0 Å². The Morgan fingerprint density at radius 3 is 2.15 bits per heavy atom. The zero-order valence-electron chi connectivity index (χ0n) is 14.5. The van der Waals surface area contributed by atoms with Crippen molar-refractivity contribution >= 4 is 29.0 Å². The summed E-state index contributed by atoms with van der Waals surface area (Å²) in [5.41, 5.74) is 0.858. The van der Waals surface area contributed by atoms with Crippen molar-refractivity contribution in [3.8, 4) is 23.1 Å². The second-order valence-electron chi connectivity index (χ2n) is 5.44. The zero-order valence-corrected chi connectivity index (χ0v) is 16.0. The first-order valence-electron chi connectivity index (χ1n) is 7.88. The van der Waals surface area contributed by atoms with E-state index in [1.165, 1.54) is 20.4 Å². The monoisotopic (exact) mass is 403 g/mol. The van der Waals surface area contributed by atoms with E-state index in [9.17, 15) is 4.79 Å². The third kappa shape index (κ3) is 4.15. The predicted molar refractivity (Wildman–Crippen MR) is 104 cm³/mol. The standard InChI is InChI=1S/C20H15Cl2NO4/c1-25-16-8-6-12(10-17(16)26-2)19(24)13-7-9-18(23-11-13)27-20-14(21)4-3-5-15(20)22/h3-11H,1-2H3. The molecule has 1 heterocycles. The number of para-hydroxylation sites is 1. The molecule has 0 radical (unpaired) electrons. The van der Waals surface area contributed by atoms with Crippen LogP contribution in [-0.4, -0.2) is 25.0 Å². The molecule has 0 aliphatic rings. The molecule has 0 unspecified atom stereocenters. The molecule has 5 nitrogen and oxygen atoms in total. The van der Waals surface area contributed by atoms with E-state index in [0.717, 1.165) is 0 Å². The van der Waals surface area contributed by atoms with Gasteiger partial charge in [-0.2, -0.15) is 0 Å². The summed E-state index contributed by atoms with van der Waals surface area (Å²) >= 11 is 12.2. The van der Waals surface area contributed by atoms with E-state index in [2.05, 4.69) is 4.98 Å². The number of ether oxygens (including phenoxy) is 3. The summed E-state index contributed by atoms with van der Waals surface area (Å²) in [6.45, 7) is 0. The van der Waals surface area contributed by atoms with Crippen LogP contribution in [0.3, 0.4) is 0 Å². The van der Waals surface area contributed by atoms with E-state index in [-0.39, 0.29) is 11.7 Å². The number of carbonyl (C=O) groups excluding carboxylic acids is 1. The SMILES string of the molecule is COc1ccc(C(=O)c2ccc(Oc3c(Cl)cccc3Cl)nc2)cc1OC. The van der Waals surface area contributed by atoms with Gasteiger partial charge in [0.05, 0.1) is 24.3 Å². The number of carbonyl (C=O) groups is 1. The maximum absolute atomic E-state index is 12.7. The van der Waals surface area contributed by atoms with Crippen molar-refractivity contribution in [2.24, 2.45) is 0 Å². The van der Waals surface area contributed by atoms with E-state index in [1.807, 2.05) is 0 Å². The molecule has 2 aromatic carbocycles. The highest BCUT2D eigenvalue weighted by molar-refractivity contribution is 6.37. The van der Waals surface area contributed by atoms with Crippen molar-refractivity contribution in [1.29, 1.82) is 0 Å². The van der Waals surface area contributed by atoms with Crippen molar-refractivity contribution in [3.05, 3.63) is 75.9 Å². The molecule has 0 saturated carbocycles. The fourth-order valence-electron chi connectivity index (χ4n) is 2.40. The number of ketones is 1. The third-order valence-electron chi connectivity index (χ3n) is 3.77. The fourth-order valence-corrected chi connectivity index (χ4v) is 2.88. The molecule has 0 N–H and O–H groups in total. The van der Waals surface area contributed by atoms with E-state index in [0.29, 0.717) is 38.4 Å². The third-order valence-corrected chi connectivity index (χ3v) is 4.37. The van der Waals surface area contributed by atoms with Crippen molar-refractivity contribution in [2.45, 2.75) is 0 Å². The van der Waals surface area contributed by atoms with Gasteiger partial charge in [0.15, 0.2) is 23.0 Å². The van der Waals surface area contributed by atoms with Gasteiger partial charge in [-0.05, 0) is 36.4 Å². The van der Waals surface area contributed by atoms with Crippen LogP contribution in [0.4, 0.5) is 0 Å². The second kappa shape index (κ2) is 8.29. The number of halogens is 2. The average molecular weight is 404 g/mol.